The molecule has 25 heavy (non-hydrogen) atoms. The van der Waals surface area contributed by atoms with Gasteiger partial charge in [0, 0.05) is 40.8 Å². The van der Waals surface area contributed by atoms with Crippen LogP contribution in [0.1, 0.15) is 5.56 Å². The van der Waals surface area contributed by atoms with Crippen molar-refractivity contribution in [2.45, 2.75) is 6.92 Å². The van der Waals surface area contributed by atoms with Crippen molar-refractivity contribution < 1.29 is 0 Å². The fraction of sp³-hybridized carbons (Fsp3) is 0.0526. The first-order valence-corrected chi connectivity index (χ1v) is 8.67. The molecule has 0 saturated heterocycles. The molecular formula is C19H15N5S. The summed E-state index contributed by atoms with van der Waals surface area (Å²) in [6, 6.07) is 12.2. The van der Waals surface area contributed by atoms with Crippen LogP contribution in [-0.2, 0) is 0 Å². The van der Waals surface area contributed by atoms with Gasteiger partial charge in [-0.25, -0.2) is 15.0 Å². The van der Waals surface area contributed by atoms with Gasteiger partial charge < -0.3 is 5.32 Å². The number of thiazole rings is 1. The molecule has 4 rings (SSSR count). The van der Waals surface area contributed by atoms with Gasteiger partial charge in [0.25, 0.3) is 0 Å². The number of nitrogens with one attached hydrogen (secondary N) is 1. The van der Waals surface area contributed by atoms with E-state index >= 15 is 0 Å². The Kier molecular flexibility index (Phi) is 4.18. The van der Waals surface area contributed by atoms with E-state index in [1.165, 1.54) is 11.9 Å². The molecule has 1 aromatic carbocycles. The van der Waals surface area contributed by atoms with E-state index in [1.807, 2.05) is 29.6 Å². The van der Waals surface area contributed by atoms with Gasteiger partial charge in [0.05, 0.1) is 11.4 Å². The average molecular weight is 345 g/mol. The molecule has 0 unspecified atom stereocenters. The topological polar surface area (TPSA) is 63.6 Å². The van der Waals surface area contributed by atoms with Crippen molar-refractivity contribution >= 4 is 22.2 Å². The second-order valence-electron chi connectivity index (χ2n) is 5.59. The second kappa shape index (κ2) is 6.78. The fourth-order valence-corrected chi connectivity index (χ4v) is 3.23. The van der Waals surface area contributed by atoms with Crippen LogP contribution in [0.25, 0.3) is 22.5 Å². The van der Waals surface area contributed by atoms with Gasteiger partial charge in [-0.1, -0.05) is 12.1 Å². The van der Waals surface area contributed by atoms with Crippen LogP contribution >= 0.6 is 11.3 Å². The fourth-order valence-electron chi connectivity index (χ4n) is 2.49. The van der Waals surface area contributed by atoms with Gasteiger partial charge in [0.2, 0.25) is 0 Å². The third-order valence-electron chi connectivity index (χ3n) is 3.69. The summed E-state index contributed by atoms with van der Waals surface area (Å²) < 4.78 is 0. The zero-order chi connectivity index (χ0) is 17.1. The highest BCUT2D eigenvalue weighted by molar-refractivity contribution is 7.14. The Hall–Kier alpha value is -3.12. The number of pyridine rings is 1. The molecule has 0 aliphatic heterocycles. The Labute approximate surface area is 149 Å². The lowest BCUT2D eigenvalue weighted by molar-refractivity contribution is 1.16. The van der Waals surface area contributed by atoms with Crippen LogP contribution in [0.2, 0.25) is 0 Å². The van der Waals surface area contributed by atoms with Crippen LogP contribution in [0.5, 0.6) is 0 Å². The van der Waals surface area contributed by atoms with Crippen LogP contribution in [0.3, 0.4) is 0 Å². The summed E-state index contributed by atoms with van der Waals surface area (Å²) in [5, 5.41) is 6.26. The van der Waals surface area contributed by atoms with Crippen molar-refractivity contribution in [3.8, 4) is 22.5 Å². The molecule has 0 aliphatic carbocycles. The minimum Gasteiger partial charge on any atom is -0.332 e. The van der Waals surface area contributed by atoms with E-state index in [1.54, 1.807) is 29.9 Å². The van der Waals surface area contributed by atoms with E-state index in [0.29, 0.717) is 0 Å². The molecule has 3 aromatic heterocycles. The van der Waals surface area contributed by atoms with Crippen LogP contribution < -0.4 is 5.32 Å². The molecule has 0 radical (unpaired) electrons. The quantitative estimate of drug-likeness (QED) is 0.580. The number of anilines is 2. The third-order valence-corrected chi connectivity index (χ3v) is 4.44. The van der Waals surface area contributed by atoms with Crippen LogP contribution in [-0.4, -0.2) is 19.9 Å². The number of aromatic nitrogens is 4. The number of nitrogens with zero attached hydrogens (tertiary/aromatic N) is 4. The van der Waals surface area contributed by atoms with E-state index in [-0.39, 0.29) is 0 Å². The summed E-state index contributed by atoms with van der Waals surface area (Å²) in [6.45, 7) is 2.07. The van der Waals surface area contributed by atoms with Crippen LogP contribution in [0.15, 0.2) is 66.7 Å². The normalized spacial score (nSPS) is 10.6. The van der Waals surface area contributed by atoms with E-state index in [4.69, 9.17) is 0 Å². The van der Waals surface area contributed by atoms with E-state index < -0.39 is 0 Å². The Balaban J connectivity index is 1.60. The molecule has 5 nitrogen and oxygen atoms in total. The molecule has 0 saturated carbocycles. The molecule has 6 heteroatoms. The minimum absolute atomic E-state index is 0.833. The maximum Gasteiger partial charge on any atom is 0.187 e. The van der Waals surface area contributed by atoms with Gasteiger partial charge in [0.1, 0.15) is 6.33 Å². The number of rotatable bonds is 4. The minimum atomic E-state index is 0.833. The number of hydrogen-bond acceptors (Lipinski definition) is 6. The molecule has 3 heterocycles. The van der Waals surface area contributed by atoms with Crippen molar-refractivity contribution in [2.24, 2.45) is 0 Å². The molecule has 0 amide bonds. The van der Waals surface area contributed by atoms with E-state index in [9.17, 15) is 0 Å². The van der Waals surface area contributed by atoms with Crippen molar-refractivity contribution in [1.82, 2.24) is 19.9 Å². The number of aryl methyl sites for hydroxylation is 1. The molecular weight excluding hydrogens is 330 g/mol. The first-order valence-electron chi connectivity index (χ1n) is 7.79. The summed E-state index contributed by atoms with van der Waals surface area (Å²) in [6.07, 6.45) is 6.80. The standard InChI is InChI=1S/C19H15N5S/c1-13-3-2-4-16(7-13)23-19-24-18(11-25-19)14-5-6-22-17(8-14)15-9-20-12-21-10-15/h2-12H,1H3,(H,23,24). The van der Waals surface area contributed by atoms with Gasteiger partial charge in [-0.15, -0.1) is 11.3 Å². The third kappa shape index (κ3) is 3.54. The lowest BCUT2D eigenvalue weighted by Gasteiger charge is -2.03. The highest BCUT2D eigenvalue weighted by Crippen LogP contribution is 2.29. The average Bonchev–Trinajstić information content (AvgIpc) is 3.11. The summed E-state index contributed by atoms with van der Waals surface area (Å²) in [4.78, 5) is 17.2. The predicted octanol–water partition coefficient (Wildman–Crippen LogP) is 4.71. The first kappa shape index (κ1) is 15.4. The Morgan fingerprint density at radius 3 is 2.68 bits per heavy atom. The summed E-state index contributed by atoms with van der Waals surface area (Å²) in [7, 11) is 0. The molecule has 122 valence electrons. The smallest absolute Gasteiger partial charge is 0.187 e. The Morgan fingerprint density at radius 1 is 0.960 bits per heavy atom. The Morgan fingerprint density at radius 2 is 1.84 bits per heavy atom. The zero-order valence-electron chi connectivity index (χ0n) is 13.5. The molecule has 4 aromatic rings. The van der Waals surface area contributed by atoms with E-state index in [0.717, 1.165) is 33.3 Å². The maximum absolute atomic E-state index is 4.69. The van der Waals surface area contributed by atoms with Crippen molar-refractivity contribution in [1.29, 1.82) is 0 Å². The lowest BCUT2D eigenvalue weighted by atomic mass is 10.1. The molecule has 0 spiro atoms. The molecule has 0 aliphatic rings. The van der Waals surface area contributed by atoms with Gasteiger partial charge in [-0.3, -0.25) is 4.98 Å². The highest BCUT2D eigenvalue weighted by atomic mass is 32.1. The van der Waals surface area contributed by atoms with Gasteiger partial charge >= 0.3 is 0 Å². The molecule has 0 bridgehead atoms. The zero-order valence-corrected chi connectivity index (χ0v) is 14.4. The number of benzene rings is 1. The van der Waals surface area contributed by atoms with Crippen molar-refractivity contribution in [2.75, 3.05) is 5.32 Å². The van der Waals surface area contributed by atoms with Crippen molar-refractivity contribution in [3.05, 3.63) is 72.3 Å². The summed E-state index contributed by atoms with van der Waals surface area (Å²) >= 11 is 1.58. The second-order valence-corrected chi connectivity index (χ2v) is 6.45. The van der Waals surface area contributed by atoms with E-state index in [2.05, 4.69) is 44.3 Å². The lowest BCUT2D eigenvalue weighted by Crippen LogP contribution is -1.90. The van der Waals surface area contributed by atoms with Gasteiger partial charge in [-0.2, -0.15) is 0 Å². The number of hydrogen-bond donors (Lipinski definition) is 1. The molecule has 0 fully saturated rings. The Bertz CT molecular complexity index is 997. The van der Waals surface area contributed by atoms with Gasteiger partial charge in [-0.05, 0) is 36.8 Å². The monoisotopic (exact) mass is 345 g/mol. The van der Waals surface area contributed by atoms with Crippen LogP contribution in [0.4, 0.5) is 10.8 Å². The maximum atomic E-state index is 4.69. The molecule has 1 N–H and O–H groups in total. The van der Waals surface area contributed by atoms with Crippen LogP contribution in [0, 0.1) is 6.92 Å². The molecule has 0 atom stereocenters. The highest BCUT2D eigenvalue weighted by Gasteiger charge is 2.08. The van der Waals surface area contributed by atoms with Gasteiger partial charge in [0.15, 0.2) is 5.13 Å². The predicted molar refractivity (Wildman–Crippen MR) is 101 cm³/mol. The SMILES string of the molecule is Cc1cccc(Nc2nc(-c3ccnc(-c4cncnc4)c3)cs2)c1. The largest absolute Gasteiger partial charge is 0.332 e. The van der Waals surface area contributed by atoms with Crippen molar-refractivity contribution in [3.63, 3.8) is 0 Å². The summed E-state index contributed by atoms with van der Waals surface area (Å²) in [5.41, 5.74) is 5.91. The summed E-state index contributed by atoms with van der Waals surface area (Å²) in [5.74, 6) is 0. The first-order chi connectivity index (χ1) is 12.3.